The number of hydrogen-bond acceptors (Lipinski definition) is 5. The van der Waals surface area contributed by atoms with Gasteiger partial charge in [0, 0.05) is 6.07 Å². The minimum atomic E-state index is -0.377. The fourth-order valence-electron chi connectivity index (χ4n) is 3.29. The molecule has 21 heavy (non-hydrogen) atoms. The Labute approximate surface area is 124 Å². The Hall–Kier alpha value is -1.93. The second-order valence-electron chi connectivity index (χ2n) is 5.57. The van der Waals surface area contributed by atoms with E-state index < -0.39 is 0 Å². The van der Waals surface area contributed by atoms with Crippen LogP contribution >= 0.6 is 0 Å². The molecule has 112 valence electrons. The van der Waals surface area contributed by atoms with Gasteiger partial charge in [-0.2, -0.15) is 5.26 Å². The van der Waals surface area contributed by atoms with E-state index in [4.69, 9.17) is 14.2 Å². The van der Waals surface area contributed by atoms with Crippen LogP contribution in [0.25, 0.3) is 0 Å². The summed E-state index contributed by atoms with van der Waals surface area (Å²) < 4.78 is 16.4. The number of benzene rings is 1. The molecule has 1 aromatic rings. The number of nitriles is 1. The van der Waals surface area contributed by atoms with Crippen molar-refractivity contribution in [3.8, 4) is 23.3 Å². The largest absolute Gasteiger partial charge is 0.493 e. The molecule has 0 aromatic heterocycles. The molecule has 2 unspecified atom stereocenters. The summed E-state index contributed by atoms with van der Waals surface area (Å²) in [4.78, 5) is 0. The van der Waals surface area contributed by atoms with E-state index in [2.05, 4.69) is 11.4 Å². The third kappa shape index (κ3) is 2.64. The van der Waals surface area contributed by atoms with Crippen molar-refractivity contribution >= 4 is 0 Å². The molecular formula is C16H20N2O3. The summed E-state index contributed by atoms with van der Waals surface area (Å²) in [6.45, 7) is 0.878. The van der Waals surface area contributed by atoms with E-state index in [0.29, 0.717) is 12.5 Å². The van der Waals surface area contributed by atoms with Gasteiger partial charge in [-0.1, -0.05) is 6.42 Å². The maximum Gasteiger partial charge on any atom is 0.231 e. The van der Waals surface area contributed by atoms with Gasteiger partial charge in [-0.05, 0) is 44.4 Å². The van der Waals surface area contributed by atoms with Gasteiger partial charge >= 0.3 is 0 Å². The van der Waals surface area contributed by atoms with Crippen molar-refractivity contribution in [2.24, 2.45) is 5.92 Å². The summed E-state index contributed by atoms with van der Waals surface area (Å²) in [7, 11) is 1.88. The Morgan fingerprint density at radius 1 is 1.43 bits per heavy atom. The molecule has 0 spiro atoms. The molecule has 2 aliphatic rings. The van der Waals surface area contributed by atoms with Crippen LogP contribution in [0.3, 0.4) is 0 Å². The van der Waals surface area contributed by atoms with Gasteiger partial charge in [0.1, 0.15) is 11.3 Å². The Balaban J connectivity index is 1.55. The molecule has 1 heterocycles. The monoisotopic (exact) mass is 288 g/mol. The first-order valence-electron chi connectivity index (χ1n) is 7.40. The summed E-state index contributed by atoms with van der Waals surface area (Å²) >= 11 is 0. The van der Waals surface area contributed by atoms with Crippen LogP contribution in [0.1, 0.15) is 25.7 Å². The molecule has 0 radical (unpaired) electrons. The number of nitrogens with one attached hydrogen (secondary N) is 1. The third-order valence-electron chi connectivity index (χ3n) is 4.55. The highest BCUT2D eigenvalue weighted by Crippen LogP contribution is 2.38. The Kier molecular flexibility index (Phi) is 3.89. The van der Waals surface area contributed by atoms with E-state index in [1.807, 2.05) is 25.2 Å². The molecule has 2 atom stereocenters. The number of ether oxygens (including phenoxy) is 3. The molecule has 3 rings (SSSR count). The van der Waals surface area contributed by atoms with E-state index in [0.717, 1.165) is 42.9 Å². The maximum atomic E-state index is 9.43. The topological polar surface area (TPSA) is 63.5 Å². The van der Waals surface area contributed by atoms with Gasteiger partial charge in [-0.25, -0.2) is 0 Å². The summed E-state index contributed by atoms with van der Waals surface area (Å²) in [5.74, 6) is 2.62. The van der Waals surface area contributed by atoms with Gasteiger partial charge in [0.2, 0.25) is 6.79 Å². The highest BCUT2D eigenvalue weighted by Gasteiger charge is 2.41. The predicted molar refractivity (Wildman–Crippen MR) is 77.4 cm³/mol. The quantitative estimate of drug-likeness (QED) is 0.901. The standard InChI is InChI=1S/C16H20N2O3/c1-18-16(10-17)7-2-3-12(16)6-8-19-13-4-5-14-15(9-13)21-11-20-14/h4-5,9,12,18H,2-3,6-8,11H2,1H3. The van der Waals surface area contributed by atoms with Gasteiger partial charge < -0.3 is 19.5 Å². The lowest BCUT2D eigenvalue weighted by Crippen LogP contribution is -2.45. The summed E-state index contributed by atoms with van der Waals surface area (Å²) in [5.41, 5.74) is -0.377. The fraction of sp³-hybridized carbons (Fsp3) is 0.562. The molecule has 1 N–H and O–H groups in total. The van der Waals surface area contributed by atoms with Crippen LogP contribution in [-0.4, -0.2) is 26.0 Å². The first-order chi connectivity index (χ1) is 10.3. The van der Waals surface area contributed by atoms with Crippen LogP contribution in [-0.2, 0) is 0 Å². The molecule has 5 nitrogen and oxygen atoms in total. The average Bonchev–Trinajstić information content (AvgIpc) is 3.13. The molecule has 0 amide bonds. The van der Waals surface area contributed by atoms with Crippen LogP contribution < -0.4 is 19.5 Å². The second kappa shape index (κ2) is 5.82. The molecule has 0 saturated heterocycles. The van der Waals surface area contributed by atoms with Gasteiger partial charge in [0.25, 0.3) is 0 Å². The van der Waals surface area contributed by atoms with Crippen molar-refractivity contribution in [2.75, 3.05) is 20.4 Å². The Bertz CT molecular complexity index is 555. The fourth-order valence-corrected chi connectivity index (χ4v) is 3.29. The zero-order chi connectivity index (χ0) is 14.7. The van der Waals surface area contributed by atoms with Crippen molar-refractivity contribution in [1.82, 2.24) is 5.32 Å². The normalized spacial score (nSPS) is 26.6. The van der Waals surface area contributed by atoms with E-state index in [1.165, 1.54) is 0 Å². The van der Waals surface area contributed by atoms with E-state index in [1.54, 1.807) is 0 Å². The van der Waals surface area contributed by atoms with Crippen molar-refractivity contribution in [3.05, 3.63) is 18.2 Å². The second-order valence-corrected chi connectivity index (χ2v) is 5.57. The molecule has 5 heteroatoms. The molecule has 1 aromatic carbocycles. The number of rotatable bonds is 5. The van der Waals surface area contributed by atoms with Crippen molar-refractivity contribution in [1.29, 1.82) is 5.26 Å². The summed E-state index contributed by atoms with van der Waals surface area (Å²) in [5, 5.41) is 12.6. The Morgan fingerprint density at radius 2 is 2.29 bits per heavy atom. The van der Waals surface area contributed by atoms with Crippen molar-refractivity contribution in [3.63, 3.8) is 0 Å². The molecular weight excluding hydrogens is 268 g/mol. The molecule has 1 aliphatic carbocycles. The average molecular weight is 288 g/mol. The van der Waals surface area contributed by atoms with Crippen LogP contribution in [0.5, 0.6) is 17.2 Å². The molecule has 1 saturated carbocycles. The summed E-state index contributed by atoms with van der Waals surface area (Å²) in [6.07, 6.45) is 3.99. The van der Waals surface area contributed by atoms with Crippen LogP contribution in [0.4, 0.5) is 0 Å². The summed E-state index contributed by atoms with van der Waals surface area (Å²) in [6, 6.07) is 8.06. The minimum Gasteiger partial charge on any atom is -0.493 e. The number of nitrogens with zero attached hydrogens (tertiary/aromatic N) is 1. The third-order valence-corrected chi connectivity index (χ3v) is 4.55. The lowest BCUT2D eigenvalue weighted by molar-refractivity contribution is 0.173. The van der Waals surface area contributed by atoms with Gasteiger partial charge in [-0.15, -0.1) is 0 Å². The van der Waals surface area contributed by atoms with Gasteiger partial charge in [0.15, 0.2) is 11.5 Å². The zero-order valence-corrected chi connectivity index (χ0v) is 12.2. The molecule has 0 bridgehead atoms. The van der Waals surface area contributed by atoms with E-state index in [-0.39, 0.29) is 12.3 Å². The SMILES string of the molecule is CNC1(C#N)CCCC1CCOc1ccc2c(c1)OCO2. The van der Waals surface area contributed by atoms with E-state index in [9.17, 15) is 5.26 Å². The lowest BCUT2D eigenvalue weighted by atomic mass is 9.86. The van der Waals surface area contributed by atoms with E-state index >= 15 is 0 Å². The predicted octanol–water partition coefficient (Wildman–Crippen LogP) is 2.47. The number of fused-ring (bicyclic) bond motifs is 1. The zero-order valence-electron chi connectivity index (χ0n) is 12.2. The van der Waals surface area contributed by atoms with Crippen molar-refractivity contribution < 1.29 is 14.2 Å². The molecule has 1 fully saturated rings. The lowest BCUT2D eigenvalue weighted by Gasteiger charge is -2.28. The smallest absolute Gasteiger partial charge is 0.231 e. The minimum absolute atomic E-state index is 0.272. The van der Waals surface area contributed by atoms with Crippen LogP contribution in [0.15, 0.2) is 18.2 Å². The highest BCUT2D eigenvalue weighted by atomic mass is 16.7. The molecule has 1 aliphatic heterocycles. The van der Waals surface area contributed by atoms with Gasteiger partial charge in [0.05, 0.1) is 12.7 Å². The Morgan fingerprint density at radius 3 is 3.10 bits per heavy atom. The van der Waals surface area contributed by atoms with Crippen molar-refractivity contribution in [2.45, 2.75) is 31.2 Å². The first kappa shape index (κ1) is 14.0. The highest BCUT2D eigenvalue weighted by molar-refractivity contribution is 5.46. The van der Waals surface area contributed by atoms with Gasteiger partial charge in [-0.3, -0.25) is 0 Å². The first-order valence-corrected chi connectivity index (χ1v) is 7.40. The van der Waals surface area contributed by atoms with Crippen LogP contribution in [0.2, 0.25) is 0 Å². The van der Waals surface area contributed by atoms with Crippen LogP contribution in [0, 0.1) is 17.2 Å². The maximum absolute atomic E-state index is 9.43. The number of hydrogen-bond donors (Lipinski definition) is 1.